The summed E-state index contributed by atoms with van der Waals surface area (Å²) >= 11 is 0. The molecule has 2 rings (SSSR count). The van der Waals surface area contributed by atoms with Crippen molar-refractivity contribution in [3.63, 3.8) is 0 Å². The second-order valence-electron chi connectivity index (χ2n) is 5.11. The smallest absolute Gasteiger partial charge is 0.248 e. The Kier molecular flexibility index (Phi) is 5.53. The molecule has 1 aromatic carbocycles. The average Bonchev–Trinajstić information content (AvgIpc) is 2.40. The van der Waals surface area contributed by atoms with Crippen molar-refractivity contribution in [1.82, 2.24) is 5.32 Å². The van der Waals surface area contributed by atoms with E-state index < -0.39 is 11.4 Å². The zero-order chi connectivity index (χ0) is 13.9. The van der Waals surface area contributed by atoms with Crippen LogP contribution in [0.15, 0.2) is 24.3 Å². The van der Waals surface area contributed by atoms with Gasteiger partial charge in [-0.1, -0.05) is 0 Å². The Morgan fingerprint density at radius 2 is 1.90 bits per heavy atom. The Hall–Kier alpha value is -1.59. The van der Waals surface area contributed by atoms with Gasteiger partial charge in [0.25, 0.3) is 0 Å². The monoisotopic (exact) mass is 297 g/mol. The number of piperidine rings is 1. The van der Waals surface area contributed by atoms with E-state index in [1.807, 2.05) is 6.92 Å². The summed E-state index contributed by atoms with van der Waals surface area (Å²) in [5.41, 5.74) is 5.75. The van der Waals surface area contributed by atoms with E-state index in [1.165, 1.54) is 0 Å². The molecule has 0 radical (unpaired) electrons. The molecular weight excluding hydrogens is 278 g/mol. The van der Waals surface area contributed by atoms with E-state index in [0.717, 1.165) is 25.8 Å². The van der Waals surface area contributed by atoms with E-state index in [1.54, 1.807) is 24.3 Å². The number of hydrogen-bond donors (Lipinski definition) is 3. The summed E-state index contributed by atoms with van der Waals surface area (Å²) < 4.78 is 0. The molecule has 1 saturated heterocycles. The third kappa shape index (κ3) is 3.71. The maximum atomic E-state index is 12.2. The van der Waals surface area contributed by atoms with Crippen LogP contribution in [-0.4, -0.2) is 23.9 Å². The lowest BCUT2D eigenvalue weighted by Crippen LogP contribution is -2.54. The summed E-state index contributed by atoms with van der Waals surface area (Å²) in [5.74, 6) is -0.516. The van der Waals surface area contributed by atoms with Crippen LogP contribution in [0, 0.1) is 0 Å². The Bertz CT molecular complexity index is 482. The van der Waals surface area contributed by atoms with Gasteiger partial charge in [0, 0.05) is 11.3 Å². The van der Waals surface area contributed by atoms with Gasteiger partial charge in [-0.15, -0.1) is 12.4 Å². The molecule has 4 N–H and O–H groups in total. The van der Waals surface area contributed by atoms with Crippen LogP contribution < -0.4 is 16.4 Å². The van der Waals surface area contributed by atoms with Crippen LogP contribution in [0.3, 0.4) is 0 Å². The van der Waals surface area contributed by atoms with Gasteiger partial charge in [0.05, 0.1) is 5.54 Å². The van der Waals surface area contributed by atoms with Gasteiger partial charge in [0.1, 0.15) is 0 Å². The molecule has 6 heteroatoms. The highest BCUT2D eigenvalue weighted by Gasteiger charge is 2.34. The highest BCUT2D eigenvalue weighted by Crippen LogP contribution is 2.21. The quantitative estimate of drug-likeness (QED) is 0.793. The molecule has 0 saturated carbocycles. The van der Waals surface area contributed by atoms with Gasteiger partial charge in [-0.25, -0.2) is 0 Å². The first kappa shape index (κ1) is 16.5. The number of nitrogens with two attached hydrogens (primary N) is 1. The SMILES string of the molecule is CC1(C(=O)Nc2ccc(C(N)=O)cc2)CCCCN1.Cl. The molecular formula is C14H20ClN3O2. The molecule has 1 aliphatic heterocycles. The summed E-state index contributed by atoms with van der Waals surface area (Å²) in [6.45, 7) is 2.78. The fraction of sp³-hybridized carbons (Fsp3) is 0.429. The molecule has 0 aliphatic carbocycles. The highest BCUT2D eigenvalue weighted by atomic mass is 35.5. The second-order valence-corrected chi connectivity index (χ2v) is 5.11. The summed E-state index contributed by atoms with van der Waals surface area (Å²) in [6, 6.07) is 6.58. The molecule has 5 nitrogen and oxygen atoms in total. The number of hydrogen-bond acceptors (Lipinski definition) is 3. The Labute approximate surface area is 124 Å². The van der Waals surface area contributed by atoms with E-state index >= 15 is 0 Å². The van der Waals surface area contributed by atoms with Crippen LogP contribution in [0.1, 0.15) is 36.5 Å². The van der Waals surface area contributed by atoms with E-state index in [2.05, 4.69) is 10.6 Å². The van der Waals surface area contributed by atoms with Crippen molar-refractivity contribution in [2.24, 2.45) is 5.73 Å². The summed E-state index contributed by atoms with van der Waals surface area (Å²) in [7, 11) is 0. The third-order valence-electron chi connectivity index (χ3n) is 3.55. The number of carbonyl (C=O) groups is 2. The normalized spacial score (nSPS) is 21.6. The molecule has 1 aliphatic rings. The molecule has 0 bridgehead atoms. The molecule has 1 fully saturated rings. The molecule has 1 aromatic rings. The van der Waals surface area contributed by atoms with E-state index in [0.29, 0.717) is 11.3 Å². The lowest BCUT2D eigenvalue weighted by Gasteiger charge is -2.33. The van der Waals surface area contributed by atoms with Crippen LogP contribution in [0.4, 0.5) is 5.69 Å². The number of amides is 2. The fourth-order valence-corrected chi connectivity index (χ4v) is 2.24. The maximum absolute atomic E-state index is 12.2. The first-order chi connectivity index (χ1) is 9.01. The Morgan fingerprint density at radius 1 is 1.25 bits per heavy atom. The van der Waals surface area contributed by atoms with E-state index in [-0.39, 0.29) is 18.3 Å². The molecule has 1 unspecified atom stereocenters. The van der Waals surface area contributed by atoms with Gasteiger partial charge in [0.2, 0.25) is 11.8 Å². The van der Waals surface area contributed by atoms with E-state index in [4.69, 9.17) is 5.73 Å². The minimum atomic E-state index is -0.513. The number of anilines is 1. The predicted molar refractivity (Wildman–Crippen MR) is 81.1 cm³/mol. The Morgan fingerprint density at radius 3 is 2.40 bits per heavy atom. The van der Waals surface area contributed by atoms with Crippen molar-refractivity contribution < 1.29 is 9.59 Å². The first-order valence-corrected chi connectivity index (χ1v) is 6.48. The number of benzene rings is 1. The van der Waals surface area contributed by atoms with Crippen LogP contribution in [-0.2, 0) is 4.79 Å². The Balaban J connectivity index is 0.00000200. The first-order valence-electron chi connectivity index (χ1n) is 6.48. The van der Waals surface area contributed by atoms with Crippen molar-refractivity contribution >= 4 is 29.9 Å². The molecule has 20 heavy (non-hydrogen) atoms. The van der Waals surface area contributed by atoms with Crippen LogP contribution in [0.2, 0.25) is 0 Å². The summed E-state index contributed by atoms with van der Waals surface area (Å²) in [5, 5.41) is 6.12. The maximum Gasteiger partial charge on any atom is 0.248 e. The van der Waals surface area contributed by atoms with Crippen LogP contribution in [0.5, 0.6) is 0 Å². The zero-order valence-electron chi connectivity index (χ0n) is 11.4. The third-order valence-corrected chi connectivity index (χ3v) is 3.55. The second kappa shape index (κ2) is 6.72. The standard InChI is InChI=1S/C14H19N3O2.ClH/c1-14(8-2-3-9-16-14)13(19)17-11-6-4-10(5-7-11)12(15)18;/h4-7,16H,2-3,8-9H2,1H3,(H2,15,18)(H,17,19);1H. The lowest BCUT2D eigenvalue weighted by atomic mass is 9.90. The number of carbonyl (C=O) groups excluding carboxylic acids is 2. The molecule has 0 aromatic heterocycles. The van der Waals surface area contributed by atoms with Gasteiger partial charge < -0.3 is 16.4 Å². The van der Waals surface area contributed by atoms with Gasteiger partial charge in [-0.2, -0.15) is 0 Å². The number of nitrogens with one attached hydrogen (secondary N) is 2. The molecule has 110 valence electrons. The van der Waals surface area contributed by atoms with Gasteiger partial charge in [-0.05, 0) is 57.0 Å². The average molecular weight is 298 g/mol. The highest BCUT2D eigenvalue weighted by molar-refractivity contribution is 5.98. The van der Waals surface area contributed by atoms with Crippen molar-refractivity contribution in [2.75, 3.05) is 11.9 Å². The molecule has 1 atom stereocenters. The summed E-state index contributed by atoms with van der Waals surface area (Å²) in [4.78, 5) is 23.2. The van der Waals surface area contributed by atoms with Crippen molar-refractivity contribution in [3.8, 4) is 0 Å². The van der Waals surface area contributed by atoms with Crippen molar-refractivity contribution in [1.29, 1.82) is 0 Å². The largest absolute Gasteiger partial charge is 0.366 e. The number of halogens is 1. The zero-order valence-corrected chi connectivity index (χ0v) is 12.3. The molecule has 0 spiro atoms. The van der Waals surface area contributed by atoms with Gasteiger partial charge in [-0.3, -0.25) is 9.59 Å². The number of primary amides is 1. The fourth-order valence-electron chi connectivity index (χ4n) is 2.24. The van der Waals surface area contributed by atoms with Gasteiger partial charge >= 0.3 is 0 Å². The van der Waals surface area contributed by atoms with Crippen molar-refractivity contribution in [3.05, 3.63) is 29.8 Å². The molecule has 1 heterocycles. The topological polar surface area (TPSA) is 84.2 Å². The minimum Gasteiger partial charge on any atom is -0.366 e. The molecule has 2 amide bonds. The lowest BCUT2D eigenvalue weighted by molar-refractivity contribution is -0.122. The minimum absolute atomic E-state index is 0. The van der Waals surface area contributed by atoms with Crippen LogP contribution in [0.25, 0.3) is 0 Å². The van der Waals surface area contributed by atoms with E-state index in [9.17, 15) is 9.59 Å². The van der Waals surface area contributed by atoms with Gasteiger partial charge in [0.15, 0.2) is 0 Å². The van der Waals surface area contributed by atoms with Crippen LogP contribution >= 0.6 is 12.4 Å². The summed E-state index contributed by atoms with van der Waals surface area (Å²) in [6.07, 6.45) is 2.99. The number of rotatable bonds is 3. The predicted octanol–water partition coefficient (Wildman–Crippen LogP) is 1.68. The van der Waals surface area contributed by atoms with Crippen molar-refractivity contribution in [2.45, 2.75) is 31.7 Å².